The van der Waals surface area contributed by atoms with E-state index >= 15 is 0 Å². The molecule has 1 N–H and O–H groups in total. The van der Waals surface area contributed by atoms with Gasteiger partial charge in [0.25, 0.3) is 0 Å². The van der Waals surface area contributed by atoms with E-state index in [1.54, 1.807) is 0 Å². The summed E-state index contributed by atoms with van der Waals surface area (Å²) in [6.45, 7) is 7.30. The van der Waals surface area contributed by atoms with Crippen molar-refractivity contribution in [3.05, 3.63) is 65.6 Å². The Morgan fingerprint density at radius 2 is 1.79 bits per heavy atom. The van der Waals surface area contributed by atoms with E-state index in [0.29, 0.717) is 6.04 Å². The summed E-state index contributed by atoms with van der Waals surface area (Å²) < 4.78 is 0. The summed E-state index contributed by atoms with van der Waals surface area (Å²) in [5.41, 5.74) is 5.60. The highest BCUT2D eigenvalue weighted by molar-refractivity contribution is 5.91. The maximum atomic E-state index is 4.87. The summed E-state index contributed by atoms with van der Waals surface area (Å²) in [6, 6.07) is 17.5. The van der Waals surface area contributed by atoms with E-state index in [9.17, 15) is 0 Å². The molecule has 1 aliphatic carbocycles. The van der Waals surface area contributed by atoms with Crippen LogP contribution in [0.5, 0.6) is 0 Å². The standard InChI is InChI=1S/C25H32N4/c1-18-9-7-11-21(27-18)17-26-25(3)16-6-5-13-23(25)29(4)22-12-8-10-20-15-14-19(2)28-24(20)22/h7-12,14-15,23,26H,5-6,13,16-17H2,1-4H3. The van der Waals surface area contributed by atoms with E-state index < -0.39 is 0 Å². The number of hydrogen-bond donors (Lipinski definition) is 1. The van der Waals surface area contributed by atoms with Gasteiger partial charge in [0.2, 0.25) is 0 Å². The number of nitrogens with one attached hydrogen (secondary N) is 1. The van der Waals surface area contributed by atoms with E-state index in [0.717, 1.165) is 29.1 Å². The van der Waals surface area contributed by atoms with Gasteiger partial charge >= 0.3 is 0 Å². The van der Waals surface area contributed by atoms with Crippen LogP contribution in [0.15, 0.2) is 48.5 Å². The number of aryl methyl sites for hydroxylation is 2. The van der Waals surface area contributed by atoms with Crippen LogP contribution in [0.4, 0.5) is 5.69 Å². The molecule has 0 saturated heterocycles. The first-order valence-electron chi connectivity index (χ1n) is 10.7. The Morgan fingerprint density at radius 3 is 2.62 bits per heavy atom. The highest BCUT2D eigenvalue weighted by Gasteiger charge is 2.39. The molecule has 29 heavy (non-hydrogen) atoms. The Balaban J connectivity index is 1.62. The van der Waals surface area contributed by atoms with Crippen LogP contribution in [0.1, 0.15) is 49.7 Å². The number of para-hydroxylation sites is 1. The van der Waals surface area contributed by atoms with Gasteiger partial charge in [-0.3, -0.25) is 9.97 Å². The Morgan fingerprint density at radius 1 is 1.00 bits per heavy atom. The molecule has 1 saturated carbocycles. The Hall–Kier alpha value is -2.46. The first kappa shape index (κ1) is 19.8. The molecular formula is C25H32N4. The van der Waals surface area contributed by atoms with E-state index in [-0.39, 0.29) is 5.54 Å². The predicted molar refractivity (Wildman–Crippen MR) is 121 cm³/mol. The highest BCUT2D eigenvalue weighted by atomic mass is 15.2. The van der Waals surface area contributed by atoms with Gasteiger partial charge in [0.15, 0.2) is 0 Å². The molecule has 1 aliphatic rings. The molecule has 1 fully saturated rings. The molecule has 0 bridgehead atoms. The summed E-state index contributed by atoms with van der Waals surface area (Å²) in [5, 5.41) is 5.08. The third kappa shape index (κ3) is 4.13. The molecule has 2 unspecified atom stereocenters. The van der Waals surface area contributed by atoms with Crippen molar-refractivity contribution in [1.29, 1.82) is 0 Å². The van der Waals surface area contributed by atoms with Crippen molar-refractivity contribution in [2.45, 2.75) is 64.6 Å². The lowest BCUT2D eigenvalue weighted by molar-refractivity contribution is 0.209. The summed E-state index contributed by atoms with van der Waals surface area (Å²) in [7, 11) is 2.24. The number of benzene rings is 1. The number of pyridine rings is 2. The van der Waals surface area contributed by atoms with E-state index in [4.69, 9.17) is 4.98 Å². The molecule has 4 heteroatoms. The molecule has 152 valence electrons. The van der Waals surface area contributed by atoms with Gasteiger partial charge in [-0.05, 0) is 57.9 Å². The fraction of sp³-hybridized carbons (Fsp3) is 0.440. The van der Waals surface area contributed by atoms with Crippen molar-refractivity contribution < 1.29 is 0 Å². The van der Waals surface area contributed by atoms with Crippen LogP contribution in [0.3, 0.4) is 0 Å². The lowest BCUT2D eigenvalue weighted by atomic mass is 9.77. The molecule has 0 spiro atoms. The Labute approximate surface area is 174 Å². The minimum atomic E-state index is 0.0322. The van der Waals surface area contributed by atoms with Crippen LogP contribution in [0, 0.1) is 13.8 Å². The second-order valence-electron chi connectivity index (χ2n) is 8.72. The maximum absolute atomic E-state index is 4.87. The number of hydrogen-bond acceptors (Lipinski definition) is 4. The first-order valence-corrected chi connectivity index (χ1v) is 10.7. The van der Waals surface area contributed by atoms with Gasteiger partial charge < -0.3 is 10.2 Å². The molecule has 2 aromatic heterocycles. The topological polar surface area (TPSA) is 41.0 Å². The molecule has 4 rings (SSSR count). The van der Waals surface area contributed by atoms with Gasteiger partial charge in [-0.1, -0.05) is 37.1 Å². The molecule has 3 aromatic rings. The van der Waals surface area contributed by atoms with Crippen molar-refractivity contribution in [2.75, 3.05) is 11.9 Å². The van der Waals surface area contributed by atoms with Crippen molar-refractivity contribution >= 4 is 16.6 Å². The minimum Gasteiger partial charge on any atom is -0.368 e. The van der Waals surface area contributed by atoms with Gasteiger partial charge in [-0.2, -0.15) is 0 Å². The van der Waals surface area contributed by atoms with Crippen molar-refractivity contribution in [3.63, 3.8) is 0 Å². The number of rotatable bonds is 5. The van der Waals surface area contributed by atoms with Gasteiger partial charge in [0.1, 0.15) is 0 Å². The predicted octanol–water partition coefficient (Wildman–Crippen LogP) is 5.17. The summed E-state index contributed by atoms with van der Waals surface area (Å²) in [6.07, 6.45) is 4.89. The van der Waals surface area contributed by atoms with Crippen LogP contribution in [0.25, 0.3) is 10.9 Å². The van der Waals surface area contributed by atoms with Crippen molar-refractivity contribution in [1.82, 2.24) is 15.3 Å². The van der Waals surface area contributed by atoms with Gasteiger partial charge in [0.05, 0.1) is 16.9 Å². The third-order valence-corrected chi connectivity index (χ3v) is 6.46. The molecule has 0 amide bonds. The normalized spacial score (nSPS) is 22.0. The molecular weight excluding hydrogens is 356 g/mol. The average Bonchev–Trinajstić information content (AvgIpc) is 2.72. The van der Waals surface area contributed by atoms with Crippen molar-refractivity contribution in [2.24, 2.45) is 0 Å². The molecule has 1 aromatic carbocycles. The zero-order valence-electron chi connectivity index (χ0n) is 18.1. The summed E-state index contributed by atoms with van der Waals surface area (Å²) in [4.78, 5) is 12.0. The van der Waals surface area contributed by atoms with Crippen molar-refractivity contribution in [3.8, 4) is 0 Å². The van der Waals surface area contributed by atoms with E-state index in [1.165, 1.54) is 36.8 Å². The van der Waals surface area contributed by atoms with E-state index in [2.05, 4.69) is 91.6 Å². The van der Waals surface area contributed by atoms with Gasteiger partial charge in [0, 0.05) is 41.9 Å². The largest absolute Gasteiger partial charge is 0.368 e. The smallest absolute Gasteiger partial charge is 0.0938 e. The number of anilines is 1. The fourth-order valence-corrected chi connectivity index (χ4v) is 4.81. The zero-order valence-corrected chi connectivity index (χ0v) is 18.1. The highest BCUT2D eigenvalue weighted by Crippen LogP contribution is 2.36. The van der Waals surface area contributed by atoms with Crippen LogP contribution in [-0.2, 0) is 6.54 Å². The van der Waals surface area contributed by atoms with Crippen LogP contribution >= 0.6 is 0 Å². The second kappa shape index (κ2) is 8.11. The Bertz CT molecular complexity index is 999. The fourth-order valence-electron chi connectivity index (χ4n) is 4.81. The molecule has 2 heterocycles. The summed E-state index contributed by atoms with van der Waals surface area (Å²) >= 11 is 0. The zero-order chi connectivity index (χ0) is 20.4. The molecule has 0 aliphatic heterocycles. The lowest BCUT2D eigenvalue weighted by Gasteiger charge is -2.47. The van der Waals surface area contributed by atoms with Crippen LogP contribution in [0.2, 0.25) is 0 Å². The quantitative estimate of drug-likeness (QED) is 0.654. The summed E-state index contributed by atoms with van der Waals surface area (Å²) in [5.74, 6) is 0. The second-order valence-corrected chi connectivity index (χ2v) is 8.72. The van der Waals surface area contributed by atoms with Crippen LogP contribution in [-0.4, -0.2) is 28.6 Å². The SMILES string of the molecule is Cc1cccc(CNC2(C)CCCCC2N(C)c2cccc3ccc(C)nc23)n1. The number of likely N-dealkylation sites (N-methyl/N-ethyl adjacent to an activating group) is 1. The maximum Gasteiger partial charge on any atom is 0.0938 e. The number of nitrogens with zero attached hydrogens (tertiary/aromatic N) is 3. The van der Waals surface area contributed by atoms with Gasteiger partial charge in [-0.15, -0.1) is 0 Å². The lowest BCUT2D eigenvalue weighted by Crippen LogP contribution is -2.59. The van der Waals surface area contributed by atoms with E-state index in [1.807, 2.05) is 0 Å². The number of fused-ring (bicyclic) bond motifs is 1. The van der Waals surface area contributed by atoms with Crippen LogP contribution < -0.4 is 10.2 Å². The third-order valence-electron chi connectivity index (χ3n) is 6.46. The average molecular weight is 389 g/mol. The molecule has 0 radical (unpaired) electrons. The minimum absolute atomic E-state index is 0.0322. The number of aromatic nitrogens is 2. The monoisotopic (exact) mass is 388 g/mol. The first-order chi connectivity index (χ1) is 14.0. The van der Waals surface area contributed by atoms with Gasteiger partial charge in [-0.25, -0.2) is 0 Å². The molecule has 4 nitrogen and oxygen atoms in total. The Kier molecular flexibility index (Phi) is 5.55. The molecule has 2 atom stereocenters.